The minimum Gasteiger partial charge on any atom is -0.497 e. The molecule has 2 rings (SSSR count). The van der Waals surface area contributed by atoms with Gasteiger partial charge in [0.05, 0.1) is 18.2 Å². The van der Waals surface area contributed by atoms with Crippen LogP contribution in [0.5, 0.6) is 5.75 Å². The van der Waals surface area contributed by atoms with Crippen LogP contribution in [0.15, 0.2) is 40.9 Å². The third-order valence-corrected chi connectivity index (χ3v) is 4.07. The Labute approximate surface area is 130 Å². The smallest absolute Gasteiger partial charge is 0.147 e. The van der Waals surface area contributed by atoms with Gasteiger partial charge in [0.25, 0.3) is 0 Å². The van der Waals surface area contributed by atoms with Crippen LogP contribution in [0, 0.1) is 5.82 Å². The second-order valence-corrected chi connectivity index (χ2v) is 5.58. The van der Waals surface area contributed by atoms with Gasteiger partial charge in [-0.1, -0.05) is 39.7 Å². The first-order valence-corrected chi connectivity index (χ1v) is 7.14. The molecule has 5 heteroatoms. The molecule has 0 aromatic heterocycles. The van der Waals surface area contributed by atoms with Crippen molar-refractivity contribution in [1.29, 1.82) is 0 Å². The van der Waals surface area contributed by atoms with Crippen LogP contribution >= 0.6 is 27.5 Å². The highest BCUT2D eigenvalue weighted by atomic mass is 79.9. The van der Waals surface area contributed by atoms with Crippen molar-refractivity contribution in [2.24, 2.45) is 0 Å². The fourth-order valence-electron chi connectivity index (χ4n) is 1.93. The maximum atomic E-state index is 13.9. The molecule has 1 N–H and O–H groups in total. The molecule has 0 spiro atoms. The van der Waals surface area contributed by atoms with E-state index in [0.717, 1.165) is 10.0 Å². The molecular formula is C15H13BrClFO2. The molecular weight excluding hydrogens is 347 g/mol. The molecule has 2 aromatic rings. The topological polar surface area (TPSA) is 29.5 Å². The molecule has 0 saturated heterocycles. The van der Waals surface area contributed by atoms with Gasteiger partial charge in [-0.25, -0.2) is 4.39 Å². The largest absolute Gasteiger partial charge is 0.497 e. The predicted octanol–water partition coefficient (Wildman–Crippen LogP) is 4.53. The van der Waals surface area contributed by atoms with Gasteiger partial charge >= 0.3 is 0 Å². The summed E-state index contributed by atoms with van der Waals surface area (Å²) in [6, 6.07) is 10.0. The number of rotatable bonds is 4. The van der Waals surface area contributed by atoms with Gasteiger partial charge < -0.3 is 9.84 Å². The van der Waals surface area contributed by atoms with E-state index in [9.17, 15) is 9.50 Å². The summed E-state index contributed by atoms with van der Waals surface area (Å²) in [5.41, 5.74) is 1.02. The van der Waals surface area contributed by atoms with Crippen molar-refractivity contribution in [3.63, 3.8) is 0 Å². The number of benzene rings is 2. The van der Waals surface area contributed by atoms with Gasteiger partial charge in [-0.3, -0.25) is 0 Å². The molecule has 0 aliphatic carbocycles. The molecule has 0 fully saturated rings. The highest BCUT2D eigenvalue weighted by Crippen LogP contribution is 2.30. The van der Waals surface area contributed by atoms with E-state index < -0.39 is 11.9 Å². The van der Waals surface area contributed by atoms with E-state index in [1.807, 2.05) is 6.07 Å². The van der Waals surface area contributed by atoms with E-state index >= 15 is 0 Å². The van der Waals surface area contributed by atoms with Crippen molar-refractivity contribution in [1.82, 2.24) is 0 Å². The predicted molar refractivity (Wildman–Crippen MR) is 80.8 cm³/mol. The first-order chi connectivity index (χ1) is 9.52. The summed E-state index contributed by atoms with van der Waals surface area (Å²) in [4.78, 5) is 0. The molecule has 0 bridgehead atoms. The van der Waals surface area contributed by atoms with E-state index in [-0.39, 0.29) is 17.0 Å². The zero-order chi connectivity index (χ0) is 14.7. The monoisotopic (exact) mass is 358 g/mol. The van der Waals surface area contributed by atoms with Gasteiger partial charge in [0.15, 0.2) is 0 Å². The Morgan fingerprint density at radius 3 is 2.80 bits per heavy atom. The molecule has 1 unspecified atom stereocenters. The average molecular weight is 360 g/mol. The van der Waals surface area contributed by atoms with Crippen molar-refractivity contribution < 1.29 is 14.2 Å². The maximum absolute atomic E-state index is 13.9. The van der Waals surface area contributed by atoms with E-state index in [1.54, 1.807) is 25.3 Å². The van der Waals surface area contributed by atoms with Crippen molar-refractivity contribution in [3.05, 3.63) is 62.8 Å². The summed E-state index contributed by atoms with van der Waals surface area (Å²) in [5, 5.41) is 10.2. The van der Waals surface area contributed by atoms with E-state index in [0.29, 0.717) is 5.75 Å². The second kappa shape index (κ2) is 6.57. The van der Waals surface area contributed by atoms with Gasteiger partial charge in [0.1, 0.15) is 11.6 Å². The normalized spacial score (nSPS) is 12.2. The first-order valence-electron chi connectivity index (χ1n) is 5.97. The number of hydrogen-bond donors (Lipinski definition) is 1. The third kappa shape index (κ3) is 3.32. The van der Waals surface area contributed by atoms with Gasteiger partial charge in [0, 0.05) is 16.5 Å². The lowest BCUT2D eigenvalue weighted by atomic mass is 10.0. The molecule has 0 heterocycles. The van der Waals surface area contributed by atoms with Crippen LogP contribution in [0.4, 0.5) is 4.39 Å². The number of aliphatic hydroxyl groups is 1. The average Bonchev–Trinajstić information content (AvgIpc) is 2.44. The van der Waals surface area contributed by atoms with Gasteiger partial charge in [0.2, 0.25) is 0 Å². The van der Waals surface area contributed by atoms with Crippen LogP contribution in [0.3, 0.4) is 0 Å². The van der Waals surface area contributed by atoms with Gasteiger partial charge in [-0.05, 0) is 29.8 Å². The molecule has 0 aliphatic heterocycles. The van der Waals surface area contributed by atoms with Gasteiger partial charge in [-0.15, -0.1) is 0 Å². The van der Waals surface area contributed by atoms with E-state index in [2.05, 4.69) is 15.9 Å². The Bertz CT molecular complexity index is 619. The number of hydrogen-bond acceptors (Lipinski definition) is 2. The number of halogens is 3. The van der Waals surface area contributed by atoms with Crippen molar-refractivity contribution >= 4 is 27.5 Å². The molecule has 106 valence electrons. The highest BCUT2D eigenvalue weighted by Gasteiger charge is 2.17. The summed E-state index contributed by atoms with van der Waals surface area (Å²) in [7, 11) is 1.57. The SMILES string of the molecule is COc1ccc(Br)c(CC(O)c2cccc(Cl)c2F)c1. The quantitative estimate of drug-likeness (QED) is 0.869. The minimum absolute atomic E-state index is 0.00579. The summed E-state index contributed by atoms with van der Waals surface area (Å²) < 4.78 is 19.8. The number of methoxy groups -OCH3 is 1. The van der Waals surface area contributed by atoms with Crippen molar-refractivity contribution in [3.8, 4) is 5.75 Å². The van der Waals surface area contributed by atoms with Gasteiger partial charge in [-0.2, -0.15) is 0 Å². The summed E-state index contributed by atoms with van der Waals surface area (Å²) in [6.45, 7) is 0. The van der Waals surface area contributed by atoms with Crippen LogP contribution in [0.2, 0.25) is 5.02 Å². The van der Waals surface area contributed by atoms with Crippen LogP contribution in [0.1, 0.15) is 17.2 Å². The van der Waals surface area contributed by atoms with E-state index in [4.69, 9.17) is 16.3 Å². The summed E-state index contributed by atoms with van der Waals surface area (Å²) in [5.74, 6) is 0.0997. The van der Waals surface area contributed by atoms with Crippen LogP contribution in [0.25, 0.3) is 0 Å². The van der Waals surface area contributed by atoms with Crippen molar-refractivity contribution in [2.75, 3.05) is 7.11 Å². The minimum atomic E-state index is -0.975. The number of aliphatic hydroxyl groups excluding tert-OH is 1. The Hall–Kier alpha value is -1.10. The first kappa shape index (κ1) is 15.3. The molecule has 1 atom stereocenters. The Morgan fingerprint density at radius 2 is 2.10 bits per heavy atom. The Balaban J connectivity index is 2.27. The molecule has 20 heavy (non-hydrogen) atoms. The lowest BCUT2D eigenvalue weighted by Crippen LogP contribution is -2.05. The highest BCUT2D eigenvalue weighted by molar-refractivity contribution is 9.10. The molecule has 0 amide bonds. The summed E-state index contributed by atoms with van der Waals surface area (Å²) >= 11 is 9.13. The molecule has 0 saturated carbocycles. The molecule has 0 aliphatic rings. The lowest BCUT2D eigenvalue weighted by molar-refractivity contribution is 0.173. The molecule has 0 radical (unpaired) electrons. The van der Waals surface area contributed by atoms with Crippen LogP contribution < -0.4 is 4.74 Å². The lowest BCUT2D eigenvalue weighted by Gasteiger charge is -2.14. The fourth-order valence-corrected chi connectivity index (χ4v) is 2.52. The molecule has 2 nitrogen and oxygen atoms in total. The second-order valence-electron chi connectivity index (χ2n) is 4.32. The third-order valence-electron chi connectivity index (χ3n) is 3.01. The fraction of sp³-hybridized carbons (Fsp3) is 0.200. The zero-order valence-electron chi connectivity index (χ0n) is 10.7. The Kier molecular flexibility index (Phi) is 5.02. The number of ether oxygens (including phenoxy) is 1. The standard InChI is InChI=1S/C15H13BrClFO2/c1-20-10-5-6-12(16)9(7-10)8-14(19)11-3-2-4-13(17)15(11)18/h2-7,14,19H,8H2,1H3. The van der Waals surface area contributed by atoms with Crippen molar-refractivity contribution in [2.45, 2.75) is 12.5 Å². The van der Waals surface area contributed by atoms with Crippen LogP contribution in [-0.2, 0) is 6.42 Å². The summed E-state index contributed by atoms with van der Waals surface area (Å²) in [6.07, 6.45) is -0.716. The zero-order valence-corrected chi connectivity index (χ0v) is 13.1. The molecule has 2 aromatic carbocycles. The maximum Gasteiger partial charge on any atom is 0.147 e. The van der Waals surface area contributed by atoms with Crippen LogP contribution in [-0.4, -0.2) is 12.2 Å². The Morgan fingerprint density at radius 1 is 1.35 bits per heavy atom. The van der Waals surface area contributed by atoms with E-state index in [1.165, 1.54) is 12.1 Å².